The lowest BCUT2D eigenvalue weighted by Gasteiger charge is -2.36. The molecular formula is C14H32ClN3O2S. The molecule has 5 nitrogen and oxygen atoms in total. The van der Waals surface area contributed by atoms with Gasteiger partial charge in [-0.2, -0.15) is 17.4 Å². The highest BCUT2D eigenvalue weighted by Crippen LogP contribution is 2.24. The monoisotopic (exact) mass is 341 g/mol. The van der Waals surface area contributed by atoms with Crippen LogP contribution in [0.4, 0.5) is 0 Å². The van der Waals surface area contributed by atoms with Gasteiger partial charge >= 0.3 is 0 Å². The molecule has 0 saturated heterocycles. The second kappa shape index (κ2) is 8.67. The summed E-state index contributed by atoms with van der Waals surface area (Å²) in [6.07, 6.45) is 6.10. The number of nitrogens with one attached hydrogen (secondary N) is 1. The fraction of sp³-hybridized carbons (Fsp3) is 1.00. The number of nitrogens with zero attached hydrogens (tertiary/aromatic N) is 1. The summed E-state index contributed by atoms with van der Waals surface area (Å²) in [5, 5.41) is 0. The van der Waals surface area contributed by atoms with Crippen molar-refractivity contribution in [2.45, 2.75) is 70.9 Å². The molecule has 1 saturated carbocycles. The molecule has 0 radical (unpaired) electrons. The minimum Gasteiger partial charge on any atom is -0.329 e. The van der Waals surface area contributed by atoms with Crippen molar-refractivity contribution in [2.24, 2.45) is 11.7 Å². The molecule has 128 valence electrons. The number of rotatable bonds is 7. The summed E-state index contributed by atoms with van der Waals surface area (Å²) in [7, 11) is -1.79. The van der Waals surface area contributed by atoms with Gasteiger partial charge < -0.3 is 5.73 Å². The lowest BCUT2D eigenvalue weighted by molar-refractivity contribution is 0.270. The van der Waals surface area contributed by atoms with Crippen LogP contribution in [0.2, 0.25) is 0 Å². The summed E-state index contributed by atoms with van der Waals surface area (Å²) in [4.78, 5) is 0. The Morgan fingerprint density at radius 3 is 2.24 bits per heavy atom. The van der Waals surface area contributed by atoms with Crippen molar-refractivity contribution < 1.29 is 8.42 Å². The van der Waals surface area contributed by atoms with Gasteiger partial charge in [0.1, 0.15) is 0 Å². The summed E-state index contributed by atoms with van der Waals surface area (Å²) in [5.41, 5.74) is 5.22. The lowest BCUT2D eigenvalue weighted by atomic mass is 9.92. The maximum atomic E-state index is 12.5. The Kier molecular flexibility index (Phi) is 8.72. The maximum Gasteiger partial charge on any atom is 0.279 e. The molecule has 1 aliphatic carbocycles. The molecule has 0 heterocycles. The minimum absolute atomic E-state index is 0. The molecule has 1 fully saturated rings. The number of nitrogens with two attached hydrogens (primary N) is 1. The van der Waals surface area contributed by atoms with Crippen LogP contribution in [0.15, 0.2) is 0 Å². The van der Waals surface area contributed by atoms with Crippen LogP contribution < -0.4 is 10.5 Å². The average Bonchev–Trinajstić information content (AvgIpc) is 2.37. The molecule has 0 spiro atoms. The normalized spacial score (nSPS) is 20.3. The Bertz CT molecular complexity index is 397. The van der Waals surface area contributed by atoms with Crippen molar-refractivity contribution in [3.8, 4) is 0 Å². The van der Waals surface area contributed by atoms with Crippen LogP contribution in [-0.2, 0) is 10.2 Å². The molecule has 0 bridgehead atoms. The van der Waals surface area contributed by atoms with Gasteiger partial charge in [0.15, 0.2) is 0 Å². The predicted octanol–water partition coefficient (Wildman–Crippen LogP) is 2.27. The Morgan fingerprint density at radius 2 is 1.81 bits per heavy atom. The molecule has 1 rings (SSSR count). The van der Waals surface area contributed by atoms with E-state index in [2.05, 4.69) is 18.6 Å². The molecule has 0 aliphatic heterocycles. The molecule has 1 atom stereocenters. The van der Waals surface area contributed by atoms with E-state index in [0.29, 0.717) is 12.5 Å². The minimum atomic E-state index is -3.47. The van der Waals surface area contributed by atoms with Crippen LogP contribution >= 0.6 is 12.4 Å². The van der Waals surface area contributed by atoms with Crippen molar-refractivity contribution in [2.75, 3.05) is 13.6 Å². The van der Waals surface area contributed by atoms with E-state index in [1.165, 1.54) is 10.7 Å². The molecule has 0 aromatic heterocycles. The van der Waals surface area contributed by atoms with Crippen LogP contribution in [0, 0.1) is 5.92 Å². The third kappa shape index (κ3) is 6.40. The van der Waals surface area contributed by atoms with Crippen molar-refractivity contribution in [1.29, 1.82) is 0 Å². The smallest absolute Gasteiger partial charge is 0.279 e. The molecule has 1 aliphatic rings. The summed E-state index contributed by atoms with van der Waals surface area (Å²) >= 11 is 0. The highest BCUT2D eigenvalue weighted by molar-refractivity contribution is 7.87. The fourth-order valence-electron chi connectivity index (χ4n) is 3.09. The first-order valence-corrected chi connectivity index (χ1v) is 9.11. The van der Waals surface area contributed by atoms with Gasteiger partial charge in [-0.3, -0.25) is 0 Å². The quantitative estimate of drug-likeness (QED) is 0.745. The SMILES string of the molecule is CC(C)CC(C)(CN)NS(=O)(=O)N(C)C1CCCCC1.Cl. The van der Waals surface area contributed by atoms with Gasteiger partial charge in [0, 0.05) is 25.2 Å². The average molecular weight is 342 g/mol. The van der Waals surface area contributed by atoms with Crippen molar-refractivity contribution in [3.05, 3.63) is 0 Å². The molecule has 7 heteroatoms. The van der Waals surface area contributed by atoms with E-state index in [1.54, 1.807) is 7.05 Å². The van der Waals surface area contributed by atoms with Crippen LogP contribution in [0.5, 0.6) is 0 Å². The molecule has 0 aromatic rings. The fourth-order valence-corrected chi connectivity index (χ4v) is 4.63. The third-order valence-electron chi connectivity index (χ3n) is 4.15. The molecular weight excluding hydrogens is 310 g/mol. The van der Waals surface area contributed by atoms with E-state index in [9.17, 15) is 8.42 Å². The van der Waals surface area contributed by atoms with Gasteiger partial charge in [0.25, 0.3) is 10.2 Å². The molecule has 0 amide bonds. The standard InChI is InChI=1S/C14H31N3O2S.ClH/c1-12(2)10-14(3,11-15)16-20(18,19)17(4)13-8-6-5-7-9-13;/h12-13,16H,5-11,15H2,1-4H3;1H. The third-order valence-corrected chi connectivity index (χ3v) is 5.96. The molecule has 21 heavy (non-hydrogen) atoms. The Hall–Kier alpha value is 0.120. The Balaban J connectivity index is 0.00000400. The van der Waals surface area contributed by atoms with Gasteiger partial charge in [0.05, 0.1) is 0 Å². The zero-order valence-electron chi connectivity index (χ0n) is 13.8. The highest BCUT2D eigenvalue weighted by Gasteiger charge is 2.34. The van der Waals surface area contributed by atoms with Crippen molar-refractivity contribution in [1.82, 2.24) is 9.03 Å². The Labute approximate surface area is 136 Å². The number of hydrogen-bond acceptors (Lipinski definition) is 3. The maximum absolute atomic E-state index is 12.5. The number of halogens is 1. The summed E-state index contributed by atoms with van der Waals surface area (Å²) < 4.78 is 29.4. The largest absolute Gasteiger partial charge is 0.329 e. The molecule has 3 N–H and O–H groups in total. The first-order chi connectivity index (χ1) is 9.20. The topological polar surface area (TPSA) is 75.4 Å². The first-order valence-electron chi connectivity index (χ1n) is 7.67. The summed E-state index contributed by atoms with van der Waals surface area (Å²) in [6, 6.07) is 0.127. The predicted molar refractivity (Wildman–Crippen MR) is 90.9 cm³/mol. The Morgan fingerprint density at radius 1 is 1.29 bits per heavy atom. The zero-order chi connectivity index (χ0) is 15.4. The summed E-state index contributed by atoms with van der Waals surface area (Å²) in [6.45, 7) is 6.35. The lowest BCUT2D eigenvalue weighted by Crippen LogP contribution is -2.57. The van der Waals surface area contributed by atoms with Gasteiger partial charge in [-0.15, -0.1) is 12.4 Å². The molecule has 0 aromatic carbocycles. The number of hydrogen-bond donors (Lipinski definition) is 2. The van der Waals surface area contributed by atoms with Crippen LogP contribution in [0.3, 0.4) is 0 Å². The van der Waals surface area contributed by atoms with Crippen molar-refractivity contribution in [3.63, 3.8) is 0 Å². The second-order valence-corrected chi connectivity index (χ2v) is 8.51. The van der Waals surface area contributed by atoms with Crippen molar-refractivity contribution >= 4 is 22.6 Å². The highest BCUT2D eigenvalue weighted by atomic mass is 35.5. The first kappa shape index (κ1) is 21.1. The van der Waals surface area contributed by atoms with Crippen LogP contribution in [-0.4, -0.2) is 37.9 Å². The molecule has 1 unspecified atom stereocenters. The van der Waals surface area contributed by atoms with E-state index in [-0.39, 0.29) is 18.4 Å². The van der Waals surface area contributed by atoms with Crippen LogP contribution in [0.1, 0.15) is 59.3 Å². The van der Waals surface area contributed by atoms with E-state index in [4.69, 9.17) is 5.73 Å². The van der Waals surface area contributed by atoms with Crippen LogP contribution in [0.25, 0.3) is 0 Å². The van der Waals surface area contributed by atoms with E-state index in [1.807, 2.05) is 6.92 Å². The van der Waals surface area contributed by atoms with E-state index < -0.39 is 15.7 Å². The van der Waals surface area contributed by atoms with Gasteiger partial charge in [-0.05, 0) is 32.1 Å². The summed E-state index contributed by atoms with van der Waals surface area (Å²) in [5.74, 6) is 0.395. The van der Waals surface area contributed by atoms with E-state index >= 15 is 0 Å². The van der Waals surface area contributed by atoms with E-state index in [0.717, 1.165) is 32.1 Å². The van der Waals surface area contributed by atoms with Gasteiger partial charge in [0.2, 0.25) is 0 Å². The van der Waals surface area contributed by atoms with Gasteiger partial charge in [-0.25, -0.2) is 0 Å². The second-order valence-electron chi connectivity index (χ2n) is 6.78. The van der Waals surface area contributed by atoms with Gasteiger partial charge in [-0.1, -0.05) is 33.1 Å². The zero-order valence-corrected chi connectivity index (χ0v) is 15.4.